The van der Waals surface area contributed by atoms with Gasteiger partial charge in [-0.25, -0.2) is 0 Å². The molecule has 0 aromatic heterocycles. The number of piperazine rings is 1. The standard InChI is InChI=1S/C28H32N2O4/c1-3-8-23(4-2)28(24-9-6-5-7-10-24)30-19-17-29(18-20-30)26(31)21-34-25-14-11-22(12-15-25)13-16-27(32)33/h3-12,14-15,28H,1-2,13,16-21H2,(H,32,33)/b23-8+. The first-order valence-corrected chi connectivity index (χ1v) is 11.5. The van der Waals surface area contributed by atoms with Gasteiger partial charge in [-0.15, -0.1) is 0 Å². The van der Waals surface area contributed by atoms with E-state index in [1.54, 1.807) is 18.2 Å². The molecule has 2 aromatic rings. The number of rotatable bonds is 11. The van der Waals surface area contributed by atoms with E-state index in [0.717, 1.165) is 24.2 Å². The molecule has 6 nitrogen and oxygen atoms in total. The molecule has 0 bridgehead atoms. The SMILES string of the molecule is C=C/C=C(\C=C)C(c1ccccc1)N1CCN(C(=O)COc2ccc(CCC(=O)O)cc2)CC1. The Morgan fingerprint density at radius 1 is 1.00 bits per heavy atom. The first kappa shape index (κ1) is 25.0. The number of carbonyl (C=O) groups excluding carboxylic acids is 1. The van der Waals surface area contributed by atoms with Gasteiger partial charge in [0.15, 0.2) is 6.61 Å². The van der Waals surface area contributed by atoms with Gasteiger partial charge in [-0.05, 0) is 35.3 Å². The topological polar surface area (TPSA) is 70.1 Å². The Hall–Kier alpha value is -3.64. The summed E-state index contributed by atoms with van der Waals surface area (Å²) in [6.45, 7) is 10.5. The van der Waals surface area contributed by atoms with Crippen molar-refractivity contribution in [3.63, 3.8) is 0 Å². The van der Waals surface area contributed by atoms with Gasteiger partial charge < -0.3 is 14.7 Å². The van der Waals surface area contributed by atoms with Crippen molar-refractivity contribution >= 4 is 11.9 Å². The third-order valence-electron chi connectivity index (χ3n) is 5.92. The molecule has 0 radical (unpaired) electrons. The van der Waals surface area contributed by atoms with Crippen molar-refractivity contribution in [1.82, 2.24) is 9.80 Å². The molecule has 178 valence electrons. The molecule has 0 spiro atoms. The molecule has 1 aliphatic heterocycles. The van der Waals surface area contributed by atoms with Crippen LogP contribution in [0.25, 0.3) is 0 Å². The van der Waals surface area contributed by atoms with Crippen molar-refractivity contribution in [2.75, 3.05) is 32.8 Å². The van der Waals surface area contributed by atoms with Crippen LogP contribution in [0.4, 0.5) is 0 Å². The first-order valence-electron chi connectivity index (χ1n) is 11.5. The first-order chi connectivity index (χ1) is 16.5. The van der Waals surface area contributed by atoms with E-state index in [9.17, 15) is 9.59 Å². The molecule has 1 N–H and O–H groups in total. The number of carboxylic acid groups (broad SMARTS) is 1. The molecule has 1 fully saturated rings. The third kappa shape index (κ3) is 6.93. The third-order valence-corrected chi connectivity index (χ3v) is 5.92. The Morgan fingerprint density at radius 3 is 2.26 bits per heavy atom. The van der Waals surface area contributed by atoms with Crippen LogP contribution >= 0.6 is 0 Å². The average molecular weight is 461 g/mol. The quantitative estimate of drug-likeness (QED) is 0.507. The number of benzene rings is 2. The van der Waals surface area contributed by atoms with Gasteiger partial charge in [0, 0.05) is 32.6 Å². The van der Waals surface area contributed by atoms with Crippen LogP contribution in [0.15, 0.2) is 91.6 Å². The fraction of sp³-hybridized carbons (Fsp3) is 0.286. The minimum Gasteiger partial charge on any atom is -0.484 e. The molecule has 2 aromatic carbocycles. The predicted octanol–water partition coefficient (Wildman–Crippen LogP) is 4.27. The molecule has 1 amide bonds. The summed E-state index contributed by atoms with van der Waals surface area (Å²) in [7, 11) is 0. The highest BCUT2D eigenvalue weighted by atomic mass is 16.5. The van der Waals surface area contributed by atoms with Gasteiger partial charge in [-0.2, -0.15) is 0 Å². The molecule has 1 unspecified atom stereocenters. The smallest absolute Gasteiger partial charge is 0.303 e. The van der Waals surface area contributed by atoms with Gasteiger partial charge in [0.2, 0.25) is 0 Å². The Balaban J connectivity index is 1.55. The maximum atomic E-state index is 12.7. The van der Waals surface area contributed by atoms with Crippen LogP contribution in [0.1, 0.15) is 23.6 Å². The Kier molecular flexibility index (Phi) is 9.23. The molecular weight excluding hydrogens is 428 g/mol. The van der Waals surface area contributed by atoms with Crippen LogP contribution in [0.3, 0.4) is 0 Å². The van der Waals surface area contributed by atoms with Crippen molar-refractivity contribution in [3.8, 4) is 5.75 Å². The zero-order valence-electron chi connectivity index (χ0n) is 19.4. The molecule has 1 saturated heterocycles. The fourth-order valence-electron chi connectivity index (χ4n) is 4.13. The van der Waals surface area contributed by atoms with Crippen molar-refractivity contribution in [2.24, 2.45) is 0 Å². The number of aliphatic carboxylic acids is 1. The van der Waals surface area contributed by atoms with E-state index in [2.05, 4.69) is 30.2 Å². The molecule has 34 heavy (non-hydrogen) atoms. The second kappa shape index (κ2) is 12.6. The van der Waals surface area contributed by atoms with E-state index in [0.29, 0.717) is 25.3 Å². The molecule has 1 aliphatic rings. The monoisotopic (exact) mass is 460 g/mol. The van der Waals surface area contributed by atoms with Gasteiger partial charge in [0.25, 0.3) is 5.91 Å². The van der Waals surface area contributed by atoms with E-state index >= 15 is 0 Å². The van der Waals surface area contributed by atoms with Crippen molar-refractivity contribution < 1.29 is 19.4 Å². The summed E-state index contributed by atoms with van der Waals surface area (Å²) in [5.41, 5.74) is 3.19. The Labute approximate surface area is 201 Å². The number of aryl methyl sites for hydroxylation is 1. The summed E-state index contributed by atoms with van der Waals surface area (Å²) in [5, 5.41) is 8.79. The van der Waals surface area contributed by atoms with Crippen LogP contribution in [-0.4, -0.2) is 59.6 Å². The minimum absolute atomic E-state index is 0.0230. The predicted molar refractivity (Wildman–Crippen MR) is 134 cm³/mol. The fourth-order valence-corrected chi connectivity index (χ4v) is 4.13. The maximum absolute atomic E-state index is 12.7. The average Bonchev–Trinajstić information content (AvgIpc) is 2.87. The molecular formula is C28H32N2O4. The number of hydrogen-bond donors (Lipinski definition) is 1. The number of hydrogen-bond acceptors (Lipinski definition) is 4. The van der Waals surface area contributed by atoms with E-state index in [4.69, 9.17) is 9.84 Å². The highest BCUT2D eigenvalue weighted by Gasteiger charge is 2.28. The van der Waals surface area contributed by atoms with E-state index in [1.165, 1.54) is 5.56 Å². The summed E-state index contributed by atoms with van der Waals surface area (Å²) in [6, 6.07) is 17.6. The molecule has 0 aliphatic carbocycles. The van der Waals surface area contributed by atoms with E-state index in [1.807, 2.05) is 47.4 Å². The maximum Gasteiger partial charge on any atom is 0.303 e. The summed E-state index contributed by atoms with van der Waals surface area (Å²) < 4.78 is 5.68. The minimum atomic E-state index is -0.821. The zero-order chi connectivity index (χ0) is 24.3. The number of nitrogens with zero attached hydrogens (tertiary/aromatic N) is 2. The molecule has 1 heterocycles. The van der Waals surface area contributed by atoms with Crippen LogP contribution in [0.5, 0.6) is 5.75 Å². The van der Waals surface area contributed by atoms with Crippen LogP contribution < -0.4 is 4.74 Å². The van der Waals surface area contributed by atoms with E-state index in [-0.39, 0.29) is 25.0 Å². The number of amides is 1. The largest absolute Gasteiger partial charge is 0.484 e. The second-order valence-electron chi connectivity index (χ2n) is 8.16. The van der Waals surface area contributed by atoms with Gasteiger partial charge in [0.05, 0.1) is 6.04 Å². The lowest BCUT2D eigenvalue weighted by molar-refractivity contribution is -0.137. The summed E-state index contributed by atoms with van der Waals surface area (Å²) in [5.74, 6) is -0.268. The number of carboxylic acids is 1. The van der Waals surface area contributed by atoms with E-state index < -0.39 is 5.97 Å². The lowest BCUT2D eigenvalue weighted by Crippen LogP contribution is -2.51. The zero-order valence-corrected chi connectivity index (χ0v) is 19.4. The molecule has 6 heteroatoms. The van der Waals surface area contributed by atoms with Crippen LogP contribution in [0, 0.1) is 0 Å². The van der Waals surface area contributed by atoms with Crippen LogP contribution in [-0.2, 0) is 16.0 Å². The summed E-state index contributed by atoms with van der Waals surface area (Å²) in [4.78, 5) is 27.6. The number of ether oxygens (including phenoxy) is 1. The van der Waals surface area contributed by atoms with Crippen molar-refractivity contribution in [1.29, 1.82) is 0 Å². The Bertz CT molecular complexity index is 1010. The van der Waals surface area contributed by atoms with Gasteiger partial charge in [-0.3, -0.25) is 14.5 Å². The normalized spacial score (nSPS) is 15.4. The van der Waals surface area contributed by atoms with Crippen molar-refractivity contribution in [2.45, 2.75) is 18.9 Å². The summed E-state index contributed by atoms with van der Waals surface area (Å²) in [6.07, 6.45) is 6.20. The van der Waals surface area contributed by atoms with Gasteiger partial charge >= 0.3 is 5.97 Å². The number of allylic oxidation sites excluding steroid dienone is 2. The lowest BCUT2D eigenvalue weighted by Gasteiger charge is -2.40. The molecule has 0 saturated carbocycles. The molecule has 3 rings (SSSR count). The Morgan fingerprint density at radius 2 is 1.68 bits per heavy atom. The summed E-state index contributed by atoms with van der Waals surface area (Å²) >= 11 is 0. The number of carbonyl (C=O) groups is 2. The van der Waals surface area contributed by atoms with Crippen molar-refractivity contribution in [3.05, 3.63) is 103 Å². The van der Waals surface area contributed by atoms with Gasteiger partial charge in [-0.1, -0.05) is 73.9 Å². The van der Waals surface area contributed by atoms with Crippen LogP contribution in [0.2, 0.25) is 0 Å². The molecule has 1 atom stereocenters. The highest BCUT2D eigenvalue weighted by Crippen LogP contribution is 2.30. The lowest BCUT2D eigenvalue weighted by atomic mass is 9.95. The highest BCUT2D eigenvalue weighted by molar-refractivity contribution is 5.78. The second-order valence-corrected chi connectivity index (χ2v) is 8.16. The van der Waals surface area contributed by atoms with Gasteiger partial charge in [0.1, 0.15) is 5.75 Å².